The first kappa shape index (κ1) is 21.3. The molecule has 0 spiro atoms. The van der Waals surface area contributed by atoms with Gasteiger partial charge in [0.2, 0.25) is 11.8 Å². The van der Waals surface area contributed by atoms with E-state index in [1.54, 1.807) is 11.1 Å². The SMILES string of the molecule is O=C(NCc1cccc(OCc2ccccn2)c1)[C@@H]1CC(=O)N([C@@H]2CCS(=O)(=O)C2)C1. The molecule has 1 aromatic heterocycles. The van der Waals surface area contributed by atoms with Crippen LogP contribution in [0.1, 0.15) is 24.1 Å². The fourth-order valence-electron chi connectivity index (χ4n) is 4.00. The molecule has 2 aliphatic rings. The van der Waals surface area contributed by atoms with Crippen molar-refractivity contribution < 1.29 is 22.7 Å². The Morgan fingerprint density at radius 2 is 2.10 bits per heavy atom. The van der Waals surface area contributed by atoms with Crippen molar-refractivity contribution in [1.82, 2.24) is 15.2 Å². The van der Waals surface area contributed by atoms with Crippen LogP contribution in [0, 0.1) is 5.92 Å². The second kappa shape index (κ2) is 9.05. The molecule has 2 aromatic rings. The van der Waals surface area contributed by atoms with Crippen LogP contribution in [0.4, 0.5) is 0 Å². The number of rotatable bonds is 7. The van der Waals surface area contributed by atoms with E-state index < -0.39 is 15.8 Å². The predicted molar refractivity (Wildman–Crippen MR) is 114 cm³/mol. The molecular formula is C22H25N3O5S. The Balaban J connectivity index is 1.28. The number of pyridine rings is 1. The van der Waals surface area contributed by atoms with E-state index in [0.29, 0.717) is 25.3 Å². The van der Waals surface area contributed by atoms with E-state index in [-0.39, 0.29) is 42.3 Å². The number of benzene rings is 1. The Hall–Kier alpha value is -2.94. The van der Waals surface area contributed by atoms with Crippen LogP contribution in [0.2, 0.25) is 0 Å². The minimum absolute atomic E-state index is 0.00161. The molecule has 0 unspecified atom stereocenters. The summed E-state index contributed by atoms with van der Waals surface area (Å²) >= 11 is 0. The molecule has 2 atom stereocenters. The van der Waals surface area contributed by atoms with Crippen molar-refractivity contribution in [3.63, 3.8) is 0 Å². The van der Waals surface area contributed by atoms with Crippen LogP contribution in [0.3, 0.4) is 0 Å². The Morgan fingerprint density at radius 3 is 2.84 bits per heavy atom. The van der Waals surface area contributed by atoms with Crippen molar-refractivity contribution in [1.29, 1.82) is 0 Å². The van der Waals surface area contributed by atoms with Gasteiger partial charge in [0.15, 0.2) is 9.84 Å². The van der Waals surface area contributed by atoms with Crippen molar-refractivity contribution in [3.8, 4) is 5.75 Å². The minimum Gasteiger partial charge on any atom is -0.487 e. The van der Waals surface area contributed by atoms with Crippen molar-refractivity contribution >= 4 is 21.7 Å². The lowest BCUT2D eigenvalue weighted by atomic mass is 10.1. The fourth-order valence-corrected chi connectivity index (χ4v) is 5.73. The lowest BCUT2D eigenvalue weighted by Crippen LogP contribution is -2.39. The average molecular weight is 444 g/mol. The number of hydrogen-bond acceptors (Lipinski definition) is 6. The smallest absolute Gasteiger partial charge is 0.225 e. The summed E-state index contributed by atoms with van der Waals surface area (Å²) in [5.41, 5.74) is 1.71. The second-order valence-corrected chi connectivity index (χ2v) is 10.2. The topological polar surface area (TPSA) is 106 Å². The average Bonchev–Trinajstić information content (AvgIpc) is 3.33. The van der Waals surface area contributed by atoms with Gasteiger partial charge in [0.05, 0.1) is 23.1 Å². The summed E-state index contributed by atoms with van der Waals surface area (Å²) in [5.74, 6) is -0.0137. The molecule has 4 rings (SSSR count). The summed E-state index contributed by atoms with van der Waals surface area (Å²) in [6.45, 7) is 0.952. The maximum Gasteiger partial charge on any atom is 0.225 e. The third kappa shape index (κ3) is 5.41. The fraction of sp³-hybridized carbons (Fsp3) is 0.409. The molecule has 1 N–H and O–H groups in total. The van der Waals surface area contributed by atoms with Crippen LogP contribution in [-0.2, 0) is 32.6 Å². The standard InChI is InChI=1S/C22H25N3O5S/c26-21-11-17(13-25(21)19-7-9-31(28,29)15-19)22(27)24-12-16-4-3-6-20(10-16)30-14-18-5-1-2-8-23-18/h1-6,8,10,17,19H,7,9,11-15H2,(H,24,27)/t17-,19-/m1/s1. The highest BCUT2D eigenvalue weighted by Gasteiger charge is 2.41. The number of aromatic nitrogens is 1. The van der Waals surface area contributed by atoms with E-state index in [1.165, 1.54) is 0 Å². The van der Waals surface area contributed by atoms with Crippen LogP contribution in [-0.4, -0.2) is 54.2 Å². The van der Waals surface area contributed by atoms with Gasteiger partial charge in [0, 0.05) is 31.7 Å². The summed E-state index contributed by atoms with van der Waals surface area (Å²) < 4.78 is 29.2. The first-order chi connectivity index (χ1) is 14.9. The lowest BCUT2D eigenvalue weighted by Gasteiger charge is -2.22. The van der Waals surface area contributed by atoms with Gasteiger partial charge in [0.1, 0.15) is 12.4 Å². The molecule has 0 aliphatic carbocycles. The molecule has 0 bridgehead atoms. The molecule has 2 aliphatic heterocycles. The number of carbonyl (C=O) groups is 2. The van der Waals surface area contributed by atoms with E-state index >= 15 is 0 Å². The molecule has 8 nitrogen and oxygen atoms in total. The van der Waals surface area contributed by atoms with Crippen LogP contribution in [0.15, 0.2) is 48.7 Å². The zero-order valence-corrected chi connectivity index (χ0v) is 17.9. The van der Waals surface area contributed by atoms with Gasteiger partial charge in [-0.25, -0.2) is 8.42 Å². The number of nitrogens with zero attached hydrogens (tertiary/aromatic N) is 2. The molecule has 164 valence electrons. The summed E-state index contributed by atoms with van der Waals surface area (Å²) in [5, 5.41) is 2.89. The van der Waals surface area contributed by atoms with Gasteiger partial charge in [-0.05, 0) is 36.2 Å². The summed E-state index contributed by atoms with van der Waals surface area (Å²) in [7, 11) is -3.08. The number of hydrogen-bond donors (Lipinski definition) is 1. The maximum absolute atomic E-state index is 12.6. The molecule has 2 saturated heterocycles. The zero-order chi connectivity index (χ0) is 21.8. The number of nitrogens with one attached hydrogen (secondary N) is 1. The van der Waals surface area contributed by atoms with Crippen molar-refractivity contribution in [2.75, 3.05) is 18.1 Å². The van der Waals surface area contributed by atoms with Gasteiger partial charge in [-0.3, -0.25) is 14.6 Å². The van der Waals surface area contributed by atoms with Crippen molar-refractivity contribution in [2.45, 2.75) is 32.0 Å². The van der Waals surface area contributed by atoms with Gasteiger partial charge in [-0.15, -0.1) is 0 Å². The van der Waals surface area contributed by atoms with Gasteiger partial charge in [0.25, 0.3) is 0 Å². The Bertz CT molecular complexity index is 1060. The Kier molecular flexibility index (Phi) is 6.22. The van der Waals surface area contributed by atoms with Crippen molar-refractivity contribution in [2.24, 2.45) is 5.92 Å². The van der Waals surface area contributed by atoms with Gasteiger partial charge < -0.3 is 15.0 Å². The highest BCUT2D eigenvalue weighted by Crippen LogP contribution is 2.26. The molecule has 2 fully saturated rings. The lowest BCUT2D eigenvalue weighted by molar-refractivity contribution is -0.130. The van der Waals surface area contributed by atoms with E-state index in [9.17, 15) is 18.0 Å². The van der Waals surface area contributed by atoms with Gasteiger partial charge in [-0.1, -0.05) is 18.2 Å². The molecule has 3 heterocycles. The molecule has 9 heteroatoms. The third-order valence-electron chi connectivity index (χ3n) is 5.66. The minimum atomic E-state index is -3.08. The number of amides is 2. The van der Waals surface area contributed by atoms with E-state index in [0.717, 1.165) is 11.3 Å². The normalized spacial score (nSPS) is 22.5. The quantitative estimate of drug-likeness (QED) is 0.692. The molecule has 0 saturated carbocycles. The molecule has 0 radical (unpaired) electrons. The molecule has 1 aromatic carbocycles. The first-order valence-electron chi connectivity index (χ1n) is 10.3. The Labute approximate surface area is 181 Å². The summed E-state index contributed by atoms with van der Waals surface area (Å²) in [6, 6.07) is 12.8. The van der Waals surface area contributed by atoms with Crippen molar-refractivity contribution in [3.05, 3.63) is 59.9 Å². The zero-order valence-electron chi connectivity index (χ0n) is 17.1. The van der Waals surface area contributed by atoms with Crippen LogP contribution < -0.4 is 10.1 Å². The maximum atomic E-state index is 12.6. The first-order valence-corrected chi connectivity index (χ1v) is 12.1. The van der Waals surface area contributed by atoms with Crippen LogP contribution in [0.25, 0.3) is 0 Å². The van der Waals surface area contributed by atoms with E-state index in [4.69, 9.17) is 4.74 Å². The molecule has 31 heavy (non-hydrogen) atoms. The number of sulfone groups is 1. The highest BCUT2D eigenvalue weighted by atomic mass is 32.2. The van der Waals surface area contributed by atoms with E-state index in [1.807, 2.05) is 42.5 Å². The molecule has 2 amide bonds. The monoisotopic (exact) mass is 443 g/mol. The van der Waals surface area contributed by atoms with Crippen LogP contribution >= 0.6 is 0 Å². The molecular weight excluding hydrogens is 418 g/mol. The summed E-state index contributed by atoms with van der Waals surface area (Å²) in [4.78, 5) is 30.7. The predicted octanol–water partition coefficient (Wildman–Crippen LogP) is 1.31. The van der Waals surface area contributed by atoms with Gasteiger partial charge >= 0.3 is 0 Å². The summed E-state index contributed by atoms with van der Waals surface area (Å²) in [6.07, 6.45) is 2.29. The highest BCUT2D eigenvalue weighted by molar-refractivity contribution is 7.91. The van der Waals surface area contributed by atoms with Crippen LogP contribution in [0.5, 0.6) is 5.75 Å². The second-order valence-electron chi connectivity index (χ2n) is 7.98. The number of likely N-dealkylation sites (tertiary alicyclic amines) is 1. The largest absolute Gasteiger partial charge is 0.487 e. The number of ether oxygens (including phenoxy) is 1. The third-order valence-corrected chi connectivity index (χ3v) is 7.41. The number of carbonyl (C=O) groups excluding carboxylic acids is 2. The Morgan fingerprint density at radius 1 is 1.23 bits per heavy atom. The van der Waals surface area contributed by atoms with E-state index in [2.05, 4.69) is 10.3 Å². The van der Waals surface area contributed by atoms with Gasteiger partial charge in [-0.2, -0.15) is 0 Å².